The van der Waals surface area contributed by atoms with E-state index in [0.29, 0.717) is 25.9 Å². The molecule has 3 heterocycles. The van der Waals surface area contributed by atoms with Crippen molar-refractivity contribution in [1.29, 1.82) is 0 Å². The molecule has 3 aliphatic rings. The van der Waals surface area contributed by atoms with Crippen LogP contribution in [0.3, 0.4) is 0 Å². The van der Waals surface area contributed by atoms with Gasteiger partial charge < -0.3 is 14.9 Å². The minimum atomic E-state index is -0.709. The number of hydrogen-bond acceptors (Lipinski definition) is 4. The lowest BCUT2D eigenvalue weighted by Gasteiger charge is -2.41. The van der Waals surface area contributed by atoms with Crippen LogP contribution in [0.2, 0.25) is 0 Å². The van der Waals surface area contributed by atoms with E-state index >= 15 is 0 Å². The molecule has 3 atom stereocenters. The molecule has 27 heavy (non-hydrogen) atoms. The number of aromatic nitrogens is 2. The molecule has 0 bridgehead atoms. The Morgan fingerprint density at radius 2 is 1.96 bits per heavy atom. The van der Waals surface area contributed by atoms with Crippen LogP contribution in [0.1, 0.15) is 43.7 Å². The highest BCUT2D eigenvalue weighted by Gasteiger charge is 2.59. The largest absolute Gasteiger partial charge is 0.481 e. The number of rotatable bonds is 3. The first-order valence-electron chi connectivity index (χ1n) is 9.58. The highest BCUT2D eigenvalue weighted by atomic mass is 16.4. The van der Waals surface area contributed by atoms with E-state index in [-0.39, 0.29) is 35.1 Å². The average Bonchev–Trinajstić information content (AvgIpc) is 3.18. The quantitative estimate of drug-likeness (QED) is 0.853. The number of piperidine rings is 2. The Bertz CT molecular complexity index is 780. The number of carbonyl (C=O) groups is 3. The lowest BCUT2D eigenvalue weighted by molar-refractivity contribution is -0.147. The first-order valence-corrected chi connectivity index (χ1v) is 9.58. The second-order valence-corrected chi connectivity index (χ2v) is 8.32. The van der Waals surface area contributed by atoms with Gasteiger partial charge >= 0.3 is 5.97 Å². The Hall–Kier alpha value is -2.38. The maximum atomic E-state index is 13.3. The van der Waals surface area contributed by atoms with Crippen molar-refractivity contribution in [1.82, 2.24) is 19.6 Å². The number of carboxylic acid groups (broad SMARTS) is 1. The summed E-state index contributed by atoms with van der Waals surface area (Å²) in [6.45, 7) is 1.22. The van der Waals surface area contributed by atoms with E-state index in [1.54, 1.807) is 22.8 Å². The van der Waals surface area contributed by atoms with Crippen molar-refractivity contribution in [3.8, 4) is 0 Å². The second-order valence-electron chi connectivity index (χ2n) is 8.32. The van der Waals surface area contributed by atoms with Gasteiger partial charge in [0, 0.05) is 45.4 Å². The van der Waals surface area contributed by atoms with Gasteiger partial charge in [0.05, 0.1) is 24.1 Å². The van der Waals surface area contributed by atoms with Crippen molar-refractivity contribution in [2.45, 2.75) is 38.1 Å². The third kappa shape index (κ3) is 3.00. The van der Waals surface area contributed by atoms with E-state index in [1.807, 2.05) is 18.1 Å². The number of likely N-dealkylation sites (tertiary alicyclic amines) is 2. The van der Waals surface area contributed by atoms with Gasteiger partial charge in [-0.05, 0) is 31.1 Å². The zero-order valence-corrected chi connectivity index (χ0v) is 15.8. The maximum Gasteiger partial charge on any atom is 0.307 e. The van der Waals surface area contributed by atoms with E-state index in [1.165, 1.54) is 0 Å². The molecule has 2 amide bonds. The van der Waals surface area contributed by atoms with Gasteiger partial charge in [0.1, 0.15) is 0 Å². The van der Waals surface area contributed by atoms with Crippen LogP contribution in [0.15, 0.2) is 12.4 Å². The van der Waals surface area contributed by atoms with E-state index in [2.05, 4.69) is 5.10 Å². The lowest BCUT2D eigenvalue weighted by atomic mass is 9.83. The van der Waals surface area contributed by atoms with Crippen LogP contribution in [-0.2, 0) is 21.4 Å². The number of carbonyl (C=O) groups excluding carboxylic acids is 2. The number of amides is 2. The summed E-state index contributed by atoms with van der Waals surface area (Å²) in [5.41, 5.74) is 0.790. The predicted molar refractivity (Wildman–Crippen MR) is 95.4 cm³/mol. The third-order valence-electron chi connectivity index (χ3n) is 6.80. The molecule has 1 saturated carbocycles. The van der Waals surface area contributed by atoms with Crippen LogP contribution in [0.4, 0.5) is 0 Å². The average molecular weight is 374 g/mol. The summed E-state index contributed by atoms with van der Waals surface area (Å²) in [4.78, 5) is 40.3. The standard InChI is InChI=1S/C19H26N4O4/c1-21-11-12(10-20-21)16-13(3-4-15(24)22(16)2)17(25)23-7-5-19(6-8-23)9-14(19)18(26)27/h10-11,13-14,16H,3-9H2,1-2H3,(H,26,27). The molecule has 4 rings (SSSR count). The summed E-state index contributed by atoms with van der Waals surface area (Å²) < 4.78 is 1.69. The van der Waals surface area contributed by atoms with Crippen molar-refractivity contribution >= 4 is 17.8 Å². The second kappa shape index (κ2) is 6.35. The summed E-state index contributed by atoms with van der Waals surface area (Å²) in [6.07, 6.45) is 6.77. The minimum Gasteiger partial charge on any atom is -0.481 e. The number of nitrogens with zero attached hydrogens (tertiary/aromatic N) is 4. The molecule has 1 aromatic heterocycles. The third-order valence-corrected chi connectivity index (χ3v) is 6.80. The molecule has 2 saturated heterocycles. The highest BCUT2D eigenvalue weighted by Crippen LogP contribution is 2.59. The first kappa shape index (κ1) is 18.0. The first-order chi connectivity index (χ1) is 12.8. The molecule has 1 aromatic rings. The summed E-state index contributed by atoms with van der Waals surface area (Å²) in [5, 5.41) is 13.4. The van der Waals surface area contributed by atoms with Gasteiger partial charge in [-0.25, -0.2) is 0 Å². The zero-order chi connectivity index (χ0) is 19.3. The van der Waals surface area contributed by atoms with Crippen molar-refractivity contribution in [3.05, 3.63) is 18.0 Å². The molecular formula is C19H26N4O4. The van der Waals surface area contributed by atoms with E-state index < -0.39 is 5.97 Å². The fourth-order valence-electron chi connectivity index (χ4n) is 5.00. The summed E-state index contributed by atoms with van der Waals surface area (Å²) in [5.74, 6) is -1.10. The smallest absolute Gasteiger partial charge is 0.307 e. The van der Waals surface area contributed by atoms with Gasteiger partial charge in [-0.3, -0.25) is 19.1 Å². The molecule has 1 N–H and O–H groups in total. The maximum absolute atomic E-state index is 13.3. The summed E-state index contributed by atoms with van der Waals surface area (Å²) in [7, 11) is 3.58. The fourth-order valence-corrected chi connectivity index (χ4v) is 5.00. The molecule has 3 unspecified atom stereocenters. The predicted octanol–water partition coefficient (Wildman–Crippen LogP) is 1.04. The molecule has 8 nitrogen and oxygen atoms in total. The SMILES string of the molecule is CN1C(=O)CCC(C(=O)N2CCC3(CC2)CC3C(=O)O)C1c1cnn(C)c1. The number of carboxylic acids is 1. The summed E-state index contributed by atoms with van der Waals surface area (Å²) in [6, 6.07) is -0.295. The molecule has 0 aromatic carbocycles. The van der Waals surface area contributed by atoms with Gasteiger partial charge in [0.2, 0.25) is 11.8 Å². The van der Waals surface area contributed by atoms with E-state index in [4.69, 9.17) is 0 Å². The van der Waals surface area contributed by atoms with Crippen LogP contribution in [-0.4, -0.2) is 62.6 Å². The highest BCUT2D eigenvalue weighted by molar-refractivity contribution is 5.85. The van der Waals surface area contributed by atoms with Gasteiger partial charge in [0.15, 0.2) is 0 Å². The van der Waals surface area contributed by atoms with Crippen LogP contribution in [0, 0.1) is 17.3 Å². The summed E-state index contributed by atoms with van der Waals surface area (Å²) >= 11 is 0. The van der Waals surface area contributed by atoms with Gasteiger partial charge in [-0.15, -0.1) is 0 Å². The molecule has 0 radical (unpaired) electrons. The molecule has 8 heteroatoms. The molecule has 2 aliphatic heterocycles. The monoisotopic (exact) mass is 374 g/mol. The van der Waals surface area contributed by atoms with Gasteiger partial charge in [0.25, 0.3) is 0 Å². The van der Waals surface area contributed by atoms with Crippen molar-refractivity contribution in [2.75, 3.05) is 20.1 Å². The van der Waals surface area contributed by atoms with E-state index in [0.717, 1.165) is 24.8 Å². The van der Waals surface area contributed by atoms with Crippen molar-refractivity contribution in [3.63, 3.8) is 0 Å². The Labute approximate surface area is 158 Å². The number of hydrogen-bond donors (Lipinski definition) is 1. The number of aryl methyl sites for hydroxylation is 1. The minimum absolute atomic E-state index is 0.0489. The Balaban J connectivity index is 1.49. The zero-order valence-electron chi connectivity index (χ0n) is 15.8. The lowest BCUT2D eigenvalue weighted by Crippen LogP contribution is -2.49. The van der Waals surface area contributed by atoms with Crippen LogP contribution in [0.5, 0.6) is 0 Å². The van der Waals surface area contributed by atoms with Crippen molar-refractivity contribution in [2.24, 2.45) is 24.3 Å². The van der Waals surface area contributed by atoms with Crippen LogP contribution < -0.4 is 0 Å². The number of aliphatic carboxylic acids is 1. The Morgan fingerprint density at radius 1 is 1.26 bits per heavy atom. The van der Waals surface area contributed by atoms with Crippen LogP contribution >= 0.6 is 0 Å². The van der Waals surface area contributed by atoms with Crippen LogP contribution in [0.25, 0.3) is 0 Å². The molecule has 146 valence electrons. The molecule has 1 aliphatic carbocycles. The van der Waals surface area contributed by atoms with Crippen molar-refractivity contribution < 1.29 is 19.5 Å². The molecular weight excluding hydrogens is 348 g/mol. The van der Waals surface area contributed by atoms with Gasteiger partial charge in [-0.1, -0.05) is 0 Å². The Kier molecular flexibility index (Phi) is 4.24. The Morgan fingerprint density at radius 3 is 2.52 bits per heavy atom. The van der Waals surface area contributed by atoms with Gasteiger partial charge in [-0.2, -0.15) is 5.10 Å². The van der Waals surface area contributed by atoms with E-state index in [9.17, 15) is 19.5 Å². The topological polar surface area (TPSA) is 95.7 Å². The normalized spacial score (nSPS) is 29.9. The fraction of sp³-hybridized carbons (Fsp3) is 0.684. The molecule has 3 fully saturated rings. The molecule has 1 spiro atoms.